The maximum Gasteiger partial charge on any atom is 0.264 e. The number of aliphatic hydroxyl groups is 1. The van der Waals surface area contributed by atoms with Gasteiger partial charge in [0.15, 0.2) is 9.84 Å². The Kier molecular flexibility index (Phi) is 4.19. The summed E-state index contributed by atoms with van der Waals surface area (Å²) in [6, 6.07) is 2.88. The van der Waals surface area contributed by atoms with Crippen molar-refractivity contribution in [1.82, 2.24) is 9.80 Å². The highest BCUT2D eigenvalue weighted by molar-refractivity contribution is 7.92. The van der Waals surface area contributed by atoms with Crippen LogP contribution >= 0.6 is 11.3 Å². The van der Waals surface area contributed by atoms with Crippen molar-refractivity contribution >= 4 is 27.1 Å². The summed E-state index contributed by atoms with van der Waals surface area (Å²) in [7, 11) is 0.428. The Morgan fingerprint density at radius 3 is 2.50 bits per heavy atom. The molecule has 8 heteroatoms. The van der Waals surface area contributed by atoms with E-state index in [9.17, 15) is 18.3 Å². The first-order valence-electron chi connectivity index (χ1n) is 6.14. The normalized spacial score (nSPS) is 23.6. The van der Waals surface area contributed by atoms with Crippen LogP contribution in [0.2, 0.25) is 0 Å². The highest BCUT2D eigenvalue weighted by Gasteiger charge is 2.36. The highest BCUT2D eigenvalue weighted by atomic mass is 32.2. The summed E-state index contributed by atoms with van der Waals surface area (Å²) < 4.78 is 23.0. The number of amides is 1. The number of aliphatic hydroxyl groups excluding tert-OH is 1. The fourth-order valence-electron chi connectivity index (χ4n) is 2.23. The molecule has 1 aromatic rings. The van der Waals surface area contributed by atoms with Crippen LogP contribution in [0.4, 0.5) is 0 Å². The molecule has 1 saturated heterocycles. The first-order valence-corrected chi connectivity index (χ1v) is 8.84. The number of hydrogen-bond acceptors (Lipinski definition) is 6. The van der Waals surface area contributed by atoms with Crippen LogP contribution in [0, 0.1) is 0 Å². The lowest BCUT2D eigenvalue weighted by atomic mass is 10.2. The summed E-state index contributed by atoms with van der Waals surface area (Å²) in [6.07, 6.45) is 0.540. The smallest absolute Gasteiger partial charge is 0.264 e. The summed E-state index contributed by atoms with van der Waals surface area (Å²) >= 11 is 0.971. The fourth-order valence-corrected chi connectivity index (χ4v) is 4.13. The quantitative estimate of drug-likeness (QED) is 0.842. The minimum atomic E-state index is -3.28. The van der Waals surface area contributed by atoms with Gasteiger partial charge in [0.1, 0.15) is 4.21 Å². The Morgan fingerprint density at radius 2 is 2.05 bits per heavy atom. The number of likely N-dealkylation sites (N-methyl/N-ethyl adjacent to an activating group) is 1. The summed E-state index contributed by atoms with van der Waals surface area (Å²) in [6.45, 7) is 0.715. The van der Waals surface area contributed by atoms with Gasteiger partial charge in [-0.3, -0.25) is 4.79 Å². The van der Waals surface area contributed by atoms with E-state index in [1.54, 1.807) is 4.90 Å². The van der Waals surface area contributed by atoms with Crippen LogP contribution < -0.4 is 0 Å². The Bertz CT molecular complexity index is 609. The standard InChI is InChI=1S/C12H18N2O4S2/c1-13(2)8-6-14(7-9(8)15)12(16)10-4-5-11(19-10)20(3,17)18/h4-5,8-9,15H,6-7H2,1-3H3/t8-,9-/m0/s1. The van der Waals surface area contributed by atoms with Crippen LogP contribution in [0.5, 0.6) is 0 Å². The van der Waals surface area contributed by atoms with Gasteiger partial charge in [0.2, 0.25) is 0 Å². The van der Waals surface area contributed by atoms with Crippen molar-refractivity contribution in [3.63, 3.8) is 0 Å². The number of rotatable bonds is 3. The predicted molar refractivity (Wildman–Crippen MR) is 76.8 cm³/mol. The van der Waals surface area contributed by atoms with Crippen molar-refractivity contribution < 1.29 is 18.3 Å². The number of sulfone groups is 1. The minimum Gasteiger partial charge on any atom is -0.390 e. The van der Waals surface area contributed by atoms with Gasteiger partial charge >= 0.3 is 0 Å². The average molecular weight is 318 g/mol. The van der Waals surface area contributed by atoms with E-state index in [0.29, 0.717) is 11.4 Å². The van der Waals surface area contributed by atoms with Crippen LogP contribution in [0.15, 0.2) is 16.3 Å². The first kappa shape index (κ1) is 15.4. The van der Waals surface area contributed by atoms with Crippen LogP contribution in [0.3, 0.4) is 0 Å². The predicted octanol–water partition coefficient (Wildman–Crippen LogP) is -0.102. The van der Waals surface area contributed by atoms with Crippen molar-refractivity contribution in [3.8, 4) is 0 Å². The second-order valence-electron chi connectivity index (χ2n) is 5.20. The highest BCUT2D eigenvalue weighted by Crippen LogP contribution is 2.25. The van der Waals surface area contributed by atoms with Gasteiger partial charge in [-0.25, -0.2) is 8.42 Å². The number of thiophene rings is 1. The molecule has 20 heavy (non-hydrogen) atoms. The summed E-state index contributed by atoms with van der Waals surface area (Å²) in [5, 5.41) is 9.93. The molecule has 0 spiro atoms. The number of hydrogen-bond donors (Lipinski definition) is 1. The molecule has 2 heterocycles. The minimum absolute atomic E-state index is 0.0895. The molecule has 1 fully saturated rings. The van der Waals surface area contributed by atoms with Crippen LogP contribution in [-0.2, 0) is 9.84 Å². The average Bonchev–Trinajstić information content (AvgIpc) is 2.93. The molecule has 0 radical (unpaired) electrons. The van der Waals surface area contributed by atoms with Crippen molar-refractivity contribution in [2.45, 2.75) is 16.4 Å². The molecule has 2 rings (SSSR count). The van der Waals surface area contributed by atoms with Gasteiger partial charge in [0.05, 0.1) is 17.0 Å². The number of likely N-dealkylation sites (tertiary alicyclic amines) is 1. The van der Waals surface area contributed by atoms with Crippen LogP contribution in [-0.4, -0.2) is 74.8 Å². The van der Waals surface area contributed by atoms with Gasteiger partial charge in [0.25, 0.3) is 5.91 Å². The Balaban J connectivity index is 2.15. The van der Waals surface area contributed by atoms with E-state index in [1.807, 2.05) is 19.0 Å². The van der Waals surface area contributed by atoms with E-state index in [2.05, 4.69) is 0 Å². The lowest BCUT2D eigenvalue weighted by molar-refractivity contribution is 0.0768. The molecule has 6 nitrogen and oxygen atoms in total. The van der Waals surface area contributed by atoms with Gasteiger partial charge in [-0.2, -0.15) is 0 Å². The molecule has 0 aliphatic carbocycles. The summed E-state index contributed by atoms with van der Waals surface area (Å²) in [5.74, 6) is -0.228. The molecule has 0 bridgehead atoms. The molecule has 1 N–H and O–H groups in total. The molecular weight excluding hydrogens is 300 g/mol. The third-order valence-electron chi connectivity index (χ3n) is 3.37. The molecule has 112 valence electrons. The van der Waals surface area contributed by atoms with Crippen molar-refractivity contribution in [2.75, 3.05) is 33.4 Å². The zero-order valence-corrected chi connectivity index (χ0v) is 13.2. The zero-order valence-electron chi connectivity index (χ0n) is 11.6. The number of carbonyl (C=O) groups is 1. The molecule has 0 saturated carbocycles. The molecule has 0 aromatic carbocycles. The van der Waals surface area contributed by atoms with Crippen molar-refractivity contribution in [1.29, 1.82) is 0 Å². The first-order chi connectivity index (χ1) is 9.20. The molecule has 1 aliphatic rings. The largest absolute Gasteiger partial charge is 0.390 e. The number of β-amino-alcohol motifs (C(OH)–C–C–N with tert-alkyl or cyclic N) is 1. The fraction of sp³-hybridized carbons (Fsp3) is 0.583. The third kappa shape index (κ3) is 3.03. The van der Waals surface area contributed by atoms with E-state index in [1.165, 1.54) is 12.1 Å². The zero-order chi connectivity index (χ0) is 15.1. The van der Waals surface area contributed by atoms with E-state index < -0.39 is 15.9 Å². The molecule has 1 aromatic heterocycles. The van der Waals surface area contributed by atoms with Gasteiger partial charge in [0, 0.05) is 19.3 Å². The van der Waals surface area contributed by atoms with E-state index in [4.69, 9.17) is 0 Å². The van der Waals surface area contributed by atoms with Gasteiger partial charge in [-0.05, 0) is 26.2 Å². The maximum atomic E-state index is 12.3. The van der Waals surface area contributed by atoms with E-state index >= 15 is 0 Å². The lowest BCUT2D eigenvalue weighted by Gasteiger charge is -2.21. The molecule has 1 aliphatic heterocycles. The van der Waals surface area contributed by atoms with Gasteiger partial charge < -0.3 is 14.9 Å². The second kappa shape index (κ2) is 5.44. The Labute approximate surface area is 122 Å². The number of nitrogens with zero attached hydrogens (tertiary/aromatic N) is 2. The number of carbonyl (C=O) groups excluding carboxylic acids is 1. The van der Waals surface area contributed by atoms with E-state index in [-0.39, 0.29) is 22.7 Å². The topological polar surface area (TPSA) is 77.9 Å². The molecule has 0 unspecified atom stereocenters. The Morgan fingerprint density at radius 1 is 1.40 bits per heavy atom. The van der Waals surface area contributed by atoms with Crippen molar-refractivity contribution in [2.24, 2.45) is 0 Å². The molecular formula is C12H18N2O4S2. The van der Waals surface area contributed by atoms with Crippen molar-refractivity contribution in [3.05, 3.63) is 17.0 Å². The SMILES string of the molecule is CN(C)[C@H]1CN(C(=O)c2ccc(S(C)(=O)=O)s2)C[C@@H]1O. The monoisotopic (exact) mass is 318 g/mol. The maximum absolute atomic E-state index is 12.3. The molecule has 2 atom stereocenters. The third-order valence-corrected chi connectivity index (χ3v) is 6.26. The van der Waals surface area contributed by atoms with Gasteiger partial charge in [-0.15, -0.1) is 11.3 Å². The molecule has 1 amide bonds. The lowest BCUT2D eigenvalue weighted by Crippen LogP contribution is -2.38. The summed E-state index contributed by atoms with van der Waals surface area (Å²) in [5.41, 5.74) is 0. The second-order valence-corrected chi connectivity index (χ2v) is 8.53. The van der Waals surface area contributed by atoms with Crippen LogP contribution in [0.1, 0.15) is 9.67 Å². The Hall–Kier alpha value is -0.960. The van der Waals surface area contributed by atoms with Crippen LogP contribution in [0.25, 0.3) is 0 Å². The van der Waals surface area contributed by atoms with E-state index in [0.717, 1.165) is 17.6 Å². The van der Waals surface area contributed by atoms with Gasteiger partial charge in [-0.1, -0.05) is 0 Å². The summed E-state index contributed by atoms with van der Waals surface area (Å²) in [4.78, 5) is 16.1.